The van der Waals surface area contributed by atoms with Gasteiger partial charge in [0.05, 0.1) is 13.4 Å². The Morgan fingerprint density at radius 1 is 1.29 bits per heavy atom. The van der Waals surface area contributed by atoms with Crippen LogP contribution in [0.3, 0.4) is 0 Å². The zero-order valence-corrected chi connectivity index (χ0v) is 8.80. The van der Waals surface area contributed by atoms with E-state index in [4.69, 9.17) is 10.2 Å². The molecular weight excluding hydrogens is 228 g/mol. The van der Waals surface area contributed by atoms with Crippen LogP contribution in [0.5, 0.6) is 5.75 Å². The van der Waals surface area contributed by atoms with Gasteiger partial charge in [-0.05, 0) is 18.2 Å². The number of ether oxygens (including phenoxy) is 1. The van der Waals surface area contributed by atoms with Gasteiger partial charge in [-0.3, -0.25) is 0 Å². The number of aromatic hydroxyl groups is 1. The van der Waals surface area contributed by atoms with Gasteiger partial charge in [0, 0.05) is 5.56 Å². The van der Waals surface area contributed by atoms with Crippen LogP contribution in [0.2, 0.25) is 0 Å². The Morgan fingerprint density at radius 3 is 2.35 bits per heavy atom. The first-order valence-corrected chi connectivity index (χ1v) is 4.42. The summed E-state index contributed by atoms with van der Waals surface area (Å²) in [7, 11) is 1.24. The van der Waals surface area contributed by atoms with Crippen LogP contribution in [0.15, 0.2) is 18.4 Å². The molecule has 3 N–H and O–H groups in total. The molecule has 6 nitrogen and oxygen atoms in total. The first-order valence-electron chi connectivity index (χ1n) is 4.42. The topological polar surface area (TPSA) is 104 Å². The average molecular weight is 237 g/mol. The fourth-order valence-corrected chi connectivity index (χ4v) is 1.21. The first kappa shape index (κ1) is 12.6. The Kier molecular flexibility index (Phi) is 3.71. The lowest BCUT2D eigenvalue weighted by Crippen LogP contribution is -2.04. The monoisotopic (exact) mass is 237 g/mol. The average Bonchev–Trinajstić information content (AvgIpc) is 2.26. The molecule has 0 heterocycles. The smallest absolute Gasteiger partial charge is 0.339 e. The number of aliphatic carboxylic acids is 1. The summed E-state index contributed by atoms with van der Waals surface area (Å²) < 4.78 is 4.56. The van der Waals surface area contributed by atoms with E-state index in [9.17, 15) is 14.7 Å². The van der Waals surface area contributed by atoms with Crippen molar-refractivity contribution >= 4 is 17.5 Å². The van der Waals surface area contributed by atoms with Gasteiger partial charge in [0.15, 0.2) is 0 Å². The summed E-state index contributed by atoms with van der Waals surface area (Å²) >= 11 is 0. The van der Waals surface area contributed by atoms with E-state index < -0.39 is 23.3 Å². The number of carboxylic acids is 2. The summed E-state index contributed by atoms with van der Waals surface area (Å²) in [6.45, 7) is 0. The molecule has 6 heteroatoms. The predicted molar refractivity (Wildman–Crippen MR) is 56.5 cm³/mol. The van der Waals surface area contributed by atoms with Crippen LogP contribution >= 0.6 is 0 Å². The fourth-order valence-electron chi connectivity index (χ4n) is 1.21. The maximum atomic E-state index is 10.9. The molecule has 0 spiro atoms. The normalized spacial score (nSPS) is 11.0. The standard InChI is InChI=1S/C11H9O6/c1-17-5-8(11(15)16)6-3-2-4-7(9(6)12)10(13)14/h3-5,12H,1H3,(H,13,14)(H,15,16). The van der Waals surface area contributed by atoms with Crippen molar-refractivity contribution in [3.63, 3.8) is 0 Å². The minimum Gasteiger partial charge on any atom is -0.506 e. The number of aromatic carboxylic acids is 1. The van der Waals surface area contributed by atoms with Crippen molar-refractivity contribution in [1.29, 1.82) is 0 Å². The number of hydrogen-bond donors (Lipinski definition) is 3. The molecule has 0 aromatic heterocycles. The molecule has 0 amide bonds. The number of rotatable bonds is 4. The van der Waals surface area contributed by atoms with Gasteiger partial charge in [-0.1, -0.05) is 0 Å². The quantitative estimate of drug-likeness (QED) is 0.532. The summed E-state index contributed by atoms with van der Waals surface area (Å²) in [5.41, 5.74) is -0.950. The van der Waals surface area contributed by atoms with Crippen molar-refractivity contribution in [1.82, 2.24) is 0 Å². The van der Waals surface area contributed by atoms with Gasteiger partial charge in [-0.25, -0.2) is 9.59 Å². The molecule has 0 aliphatic heterocycles. The Labute approximate surface area is 96.4 Å². The SMILES string of the molecule is COC=C(C(=O)O)c1c[c]cc(C(=O)O)c1O. The summed E-state index contributed by atoms with van der Waals surface area (Å²) in [6, 6.07) is 4.66. The third kappa shape index (κ3) is 2.54. The van der Waals surface area contributed by atoms with Gasteiger partial charge in [-0.2, -0.15) is 0 Å². The Balaban J connectivity index is 3.40. The van der Waals surface area contributed by atoms with Crippen LogP contribution in [-0.4, -0.2) is 34.4 Å². The molecule has 0 bridgehead atoms. The summed E-state index contributed by atoms with van der Waals surface area (Å²) in [6.07, 6.45) is 0.900. The minimum absolute atomic E-state index is 0.167. The molecule has 1 rings (SSSR count). The highest BCUT2D eigenvalue weighted by atomic mass is 16.5. The van der Waals surface area contributed by atoms with Crippen molar-refractivity contribution in [2.75, 3.05) is 7.11 Å². The molecule has 0 fully saturated rings. The molecule has 0 atom stereocenters. The van der Waals surface area contributed by atoms with E-state index in [1.54, 1.807) is 0 Å². The molecule has 89 valence electrons. The highest BCUT2D eigenvalue weighted by Crippen LogP contribution is 2.28. The molecule has 17 heavy (non-hydrogen) atoms. The van der Waals surface area contributed by atoms with Crippen molar-refractivity contribution in [2.45, 2.75) is 0 Å². The minimum atomic E-state index is -1.37. The van der Waals surface area contributed by atoms with Crippen LogP contribution in [0, 0.1) is 6.07 Å². The Bertz CT molecular complexity index is 489. The number of carbonyl (C=O) groups is 2. The van der Waals surface area contributed by atoms with E-state index in [1.165, 1.54) is 13.2 Å². The Morgan fingerprint density at radius 2 is 1.88 bits per heavy atom. The number of phenols is 1. The second-order valence-electron chi connectivity index (χ2n) is 3.01. The summed E-state index contributed by atoms with van der Waals surface area (Å²) in [5, 5.41) is 27.3. The Hall–Kier alpha value is -2.50. The first-order chi connectivity index (χ1) is 7.99. The van der Waals surface area contributed by atoms with Crippen LogP contribution < -0.4 is 0 Å². The molecular formula is C11H9O6. The third-order valence-corrected chi connectivity index (χ3v) is 1.95. The van der Waals surface area contributed by atoms with Crippen molar-refractivity contribution in [3.05, 3.63) is 35.6 Å². The fraction of sp³-hybridized carbons (Fsp3) is 0.0909. The van der Waals surface area contributed by atoms with E-state index in [0.717, 1.165) is 12.3 Å². The van der Waals surface area contributed by atoms with Gasteiger partial charge in [0.1, 0.15) is 16.9 Å². The molecule has 0 unspecified atom stereocenters. The van der Waals surface area contributed by atoms with E-state index in [-0.39, 0.29) is 11.1 Å². The lowest BCUT2D eigenvalue weighted by Gasteiger charge is -2.07. The number of benzene rings is 1. The second kappa shape index (κ2) is 5.02. The van der Waals surface area contributed by atoms with Crippen LogP contribution in [-0.2, 0) is 9.53 Å². The highest BCUT2D eigenvalue weighted by Gasteiger charge is 2.19. The van der Waals surface area contributed by atoms with Gasteiger partial charge in [0.2, 0.25) is 0 Å². The van der Waals surface area contributed by atoms with Crippen molar-refractivity contribution in [3.8, 4) is 5.75 Å². The largest absolute Gasteiger partial charge is 0.506 e. The van der Waals surface area contributed by atoms with Crippen LogP contribution in [0.25, 0.3) is 5.57 Å². The molecule has 0 saturated carbocycles. The lowest BCUT2D eigenvalue weighted by molar-refractivity contribution is -0.130. The maximum Gasteiger partial charge on any atom is 0.339 e. The zero-order chi connectivity index (χ0) is 13.0. The van der Waals surface area contributed by atoms with Gasteiger partial charge < -0.3 is 20.1 Å². The van der Waals surface area contributed by atoms with Gasteiger partial charge in [-0.15, -0.1) is 0 Å². The van der Waals surface area contributed by atoms with Gasteiger partial charge >= 0.3 is 11.9 Å². The van der Waals surface area contributed by atoms with E-state index in [2.05, 4.69) is 10.8 Å². The number of carboxylic acid groups (broad SMARTS) is 2. The number of methoxy groups -OCH3 is 1. The van der Waals surface area contributed by atoms with Crippen molar-refractivity contribution in [2.24, 2.45) is 0 Å². The van der Waals surface area contributed by atoms with Crippen LogP contribution in [0.4, 0.5) is 0 Å². The second-order valence-corrected chi connectivity index (χ2v) is 3.01. The summed E-state index contributed by atoms with van der Waals surface area (Å²) in [4.78, 5) is 21.6. The molecule has 0 aliphatic carbocycles. The molecule has 1 radical (unpaired) electrons. The lowest BCUT2D eigenvalue weighted by atomic mass is 10.0. The maximum absolute atomic E-state index is 10.9. The van der Waals surface area contributed by atoms with Crippen LogP contribution in [0.1, 0.15) is 15.9 Å². The number of hydrogen-bond acceptors (Lipinski definition) is 4. The van der Waals surface area contributed by atoms with E-state index in [0.29, 0.717) is 0 Å². The van der Waals surface area contributed by atoms with Crippen molar-refractivity contribution < 1.29 is 29.6 Å². The highest BCUT2D eigenvalue weighted by molar-refractivity contribution is 6.16. The zero-order valence-electron chi connectivity index (χ0n) is 8.80. The van der Waals surface area contributed by atoms with E-state index in [1.807, 2.05) is 0 Å². The van der Waals surface area contributed by atoms with Gasteiger partial charge in [0.25, 0.3) is 0 Å². The molecule has 1 aromatic carbocycles. The summed E-state index contributed by atoms with van der Waals surface area (Å²) in [5.74, 6) is -3.36. The molecule has 0 saturated heterocycles. The van der Waals surface area contributed by atoms with E-state index >= 15 is 0 Å². The predicted octanol–water partition coefficient (Wildman–Crippen LogP) is 0.962. The molecule has 0 aliphatic rings. The third-order valence-electron chi connectivity index (χ3n) is 1.95. The molecule has 1 aromatic rings.